The van der Waals surface area contributed by atoms with Gasteiger partial charge in [-0.25, -0.2) is 8.42 Å². The van der Waals surface area contributed by atoms with Crippen LogP contribution in [0.3, 0.4) is 0 Å². The van der Waals surface area contributed by atoms with Gasteiger partial charge in [0.1, 0.15) is 0 Å². The minimum atomic E-state index is -3.25. The number of benzene rings is 1. The summed E-state index contributed by atoms with van der Waals surface area (Å²) in [5, 5.41) is 3.31. The lowest BCUT2D eigenvalue weighted by molar-refractivity contribution is 0.231. The van der Waals surface area contributed by atoms with Crippen LogP contribution in [0.25, 0.3) is 6.08 Å². The van der Waals surface area contributed by atoms with Crippen molar-refractivity contribution in [3.8, 4) is 0 Å². The highest BCUT2D eigenvalue weighted by Gasteiger charge is 2.29. The first-order valence-corrected chi connectivity index (χ1v) is 8.06. The summed E-state index contributed by atoms with van der Waals surface area (Å²) in [6.45, 7) is 6.26. The highest BCUT2D eigenvalue weighted by atomic mass is 32.2. The van der Waals surface area contributed by atoms with Crippen molar-refractivity contribution < 1.29 is 8.42 Å². The monoisotopic (exact) mass is 278 g/mol. The van der Waals surface area contributed by atoms with Crippen LogP contribution >= 0.6 is 0 Å². The first-order chi connectivity index (χ1) is 9.09. The van der Waals surface area contributed by atoms with Gasteiger partial charge in [0.15, 0.2) is 0 Å². The van der Waals surface area contributed by atoms with Crippen LogP contribution in [0.2, 0.25) is 0 Å². The fourth-order valence-corrected chi connectivity index (χ4v) is 4.26. The van der Waals surface area contributed by atoms with Gasteiger partial charge in [0.25, 0.3) is 0 Å². The van der Waals surface area contributed by atoms with Gasteiger partial charge < -0.3 is 5.32 Å². The van der Waals surface area contributed by atoms with Crippen LogP contribution in [-0.2, 0) is 16.4 Å². The molecule has 0 spiro atoms. The molecule has 0 saturated carbocycles. The molecule has 19 heavy (non-hydrogen) atoms. The Bertz CT molecular complexity index is 629. The maximum atomic E-state index is 12.3. The van der Waals surface area contributed by atoms with E-state index in [0.29, 0.717) is 16.3 Å². The predicted molar refractivity (Wildman–Crippen MR) is 75.4 cm³/mol. The highest BCUT2D eigenvalue weighted by molar-refractivity contribution is 7.95. The van der Waals surface area contributed by atoms with Crippen LogP contribution in [0.1, 0.15) is 18.1 Å². The minimum absolute atomic E-state index is 0.454. The Morgan fingerprint density at radius 1 is 1.26 bits per heavy atom. The molecule has 2 aliphatic heterocycles. The van der Waals surface area contributed by atoms with E-state index in [1.54, 1.807) is 13.0 Å². The average molecular weight is 278 g/mol. The van der Waals surface area contributed by atoms with E-state index in [2.05, 4.69) is 10.2 Å². The number of nitrogens with zero attached hydrogens (tertiary/aromatic N) is 1. The Morgan fingerprint density at radius 3 is 2.74 bits per heavy atom. The molecule has 0 aliphatic carbocycles. The zero-order chi connectivity index (χ0) is 13.5. The summed E-state index contributed by atoms with van der Waals surface area (Å²) in [7, 11) is -3.25. The normalized spacial score (nSPS) is 22.1. The summed E-state index contributed by atoms with van der Waals surface area (Å²) in [5.41, 5.74) is 1.76. The van der Waals surface area contributed by atoms with Crippen LogP contribution in [0.15, 0.2) is 28.0 Å². The standard InChI is InChI=1S/C14H18N2O2S/c1-11-9-12-3-2-4-13(14(12)19(11,17)18)10-16-7-5-15-6-8-16/h2-4,9,15H,5-8,10H2,1H3. The second-order valence-corrected chi connectivity index (χ2v) is 7.18. The van der Waals surface area contributed by atoms with E-state index in [1.807, 2.05) is 18.2 Å². The van der Waals surface area contributed by atoms with Crippen molar-refractivity contribution in [3.63, 3.8) is 0 Å². The number of sulfone groups is 1. The lowest BCUT2D eigenvalue weighted by Gasteiger charge is -2.27. The summed E-state index contributed by atoms with van der Waals surface area (Å²) < 4.78 is 24.7. The molecule has 1 aromatic carbocycles. The van der Waals surface area contributed by atoms with Gasteiger partial charge in [0.2, 0.25) is 9.84 Å². The molecule has 1 aromatic rings. The smallest absolute Gasteiger partial charge is 0.203 e. The largest absolute Gasteiger partial charge is 0.314 e. The quantitative estimate of drug-likeness (QED) is 0.884. The molecule has 0 radical (unpaired) electrons. The number of hydrogen-bond acceptors (Lipinski definition) is 4. The van der Waals surface area contributed by atoms with E-state index in [1.165, 1.54) is 0 Å². The molecule has 102 valence electrons. The van der Waals surface area contributed by atoms with Gasteiger partial charge >= 0.3 is 0 Å². The minimum Gasteiger partial charge on any atom is -0.314 e. The summed E-state index contributed by atoms with van der Waals surface area (Å²) in [4.78, 5) is 3.27. The molecule has 1 saturated heterocycles. The van der Waals surface area contributed by atoms with Crippen molar-refractivity contribution >= 4 is 15.9 Å². The van der Waals surface area contributed by atoms with E-state index >= 15 is 0 Å². The van der Waals surface area contributed by atoms with Gasteiger partial charge in [-0.1, -0.05) is 18.2 Å². The van der Waals surface area contributed by atoms with Crippen LogP contribution in [0.5, 0.6) is 0 Å². The molecule has 0 atom stereocenters. The summed E-state index contributed by atoms with van der Waals surface area (Å²) >= 11 is 0. The Labute approximate surface area is 114 Å². The second kappa shape index (κ2) is 4.74. The molecule has 1 N–H and O–H groups in total. The van der Waals surface area contributed by atoms with Crippen molar-refractivity contribution in [1.82, 2.24) is 10.2 Å². The van der Waals surface area contributed by atoms with Crippen LogP contribution < -0.4 is 5.32 Å². The zero-order valence-corrected chi connectivity index (χ0v) is 11.8. The molecular formula is C14H18N2O2S. The van der Waals surface area contributed by atoms with Crippen molar-refractivity contribution in [3.05, 3.63) is 34.2 Å². The first kappa shape index (κ1) is 12.8. The molecule has 0 unspecified atom stereocenters. The van der Waals surface area contributed by atoms with E-state index < -0.39 is 9.84 Å². The van der Waals surface area contributed by atoms with Crippen molar-refractivity contribution in [2.45, 2.75) is 18.4 Å². The number of piperazine rings is 1. The SMILES string of the molecule is CC1=Cc2cccc(CN3CCNCC3)c2S1(=O)=O. The maximum Gasteiger partial charge on any atom is 0.203 e. The van der Waals surface area contributed by atoms with Gasteiger partial charge in [-0.05, 0) is 24.1 Å². The average Bonchev–Trinajstić information content (AvgIpc) is 2.62. The number of hydrogen-bond donors (Lipinski definition) is 1. The van der Waals surface area contributed by atoms with Gasteiger partial charge in [-0.3, -0.25) is 4.90 Å². The molecule has 1 fully saturated rings. The number of rotatable bonds is 2. The summed E-state index contributed by atoms with van der Waals surface area (Å²) in [6.07, 6.45) is 1.77. The fraction of sp³-hybridized carbons (Fsp3) is 0.429. The predicted octanol–water partition coefficient (Wildman–Crippen LogP) is 1.24. The molecule has 5 heteroatoms. The third kappa shape index (κ3) is 2.22. The third-order valence-corrected chi connectivity index (χ3v) is 5.78. The topological polar surface area (TPSA) is 49.4 Å². The lowest BCUT2D eigenvalue weighted by Crippen LogP contribution is -2.43. The second-order valence-electron chi connectivity index (χ2n) is 5.12. The van der Waals surface area contributed by atoms with E-state index in [0.717, 1.165) is 37.3 Å². The van der Waals surface area contributed by atoms with Gasteiger partial charge in [-0.2, -0.15) is 0 Å². The molecular weight excluding hydrogens is 260 g/mol. The van der Waals surface area contributed by atoms with Crippen molar-refractivity contribution in [1.29, 1.82) is 0 Å². The Balaban J connectivity index is 1.95. The molecule has 0 amide bonds. The van der Waals surface area contributed by atoms with E-state index in [9.17, 15) is 8.42 Å². The number of allylic oxidation sites excluding steroid dienone is 1. The van der Waals surface area contributed by atoms with Crippen LogP contribution in [-0.4, -0.2) is 39.5 Å². The summed E-state index contributed by atoms with van der Waals surface area (Å²) in [5.74, 6) is 0. The Morgan fingerprint density at radius 2 is 2.00 bits per heavy atom. The first-order valence-electron chi connectivity index (χ1n) is 6.57. The Hall–Kier alpha value is -1.17. The highest BCUT2D eigenvalue weighted by Crippen LogP contribution is 2.35. The summed E-state index contributed by atoms with van der Waals surface area (Å²) in [6, 6.07) is 5.76. The van der Waals surface area contributed by atoms with Gasteiger partial charge in [0.05, 0.1) is 4.90 Å². The molecule has 4 nitrogen and oxygen atoms in total. The maximum absolute atomic E-state index is 12.3. The fourth-order valence-electron chi connectivity index (χ4n) is 2.74. The van der Waals surface area contributed by atoms with Crippen LogP contribution in [0.4, 0.5) is 0 Å². The molecule has 3 rings (SSSR count). The van der Waals surface area contributed by atoms with Crippen molar-refractivity contribution in [2.75, 3.05) is 26.2 Å². The molecule has 2 heterocycles. The van der Waals surface area contributed by atoms with E-state index in [-0.39, 0.29) is 0 Å². The van der Waals surface area contributed by atoms with Crippen LogP contribution in [0, 0.1) is 0 Å². The lowest BCUT2D eigenvalue weighted by atomic mass is 10.1. The Kier molecular flexibility index (Phi) is 3.20. The molecule has 0 aromatic heterocycles. The number of fused-ring (bicyclic) bond motifs is 1. The third-order valence-electron chi connectivity index (χ3n) is 3.78. The molecule has 2 aliphatic rings. The molecule has 0 bridgehead atoms. The van der Waals surface area contributed by atoms with Crippen molar-refractivity contribution in [2.24, 2.45) is 0 Å². The zero-order valence-electron chi connectivity index (χ0n) is 11.0. The van der Waals surface area contributed by atoms with E-state index in [4.69, 9.17) is 0 Å². The van der Waals surface area contributed by atoms with Gasteiger partial charge in [0, 0.05) is 37.6 Å². The number of nitrogens with one attached hydrogen (secondary N) is 1. The van der Waals surface area contributed by atoms with Gasteiger partial charge in [-0.15, -0.1) is 0 Å².